The number of hydrogen-bond donors (Lipinski definition) is 0. The van der Waals surface area contributed by atoms with Gasteiger partial charge in [0.2, 0.25) is 11.8 Å². The van der Waals surface area contributed by atoms with Gasteiger partial charge in [-0.3, -0.25) is 0 Å². The smallest absolute Gasteiger partial charge is 0.238 e. The van der Waals surface area contributed by atoms with E-state index in [-0.39, 0.29) is 0 Å². The molecule has 0 aliphatic heterocycles. The van der Waals surface area contributed by atoms with Crippen LogP contribution in [-0.4, -0.2) is 23.9 Å². The Morgan fingerprint density at radius 3 is 2.76 bits per heavy atom. The van der Waals surface area contributed by atoms with E-state index in [2.05, 4.69) is 10.2 Å². The normalized spacial score (nSPS) is 12.6. The van der Waals surface area contributed by atoms with Gasteiger partial charge in [0.05, 0.1) is 6.61 Å². The number of methoxy groups -OCH3 is 1. The zero-order valence-electron chi connectivity index (χ0n) is 9.47. The van der Waals surface area contributed by atoms with Gasteiger partial charge in [-0.1, -0.05) is 30.3 Å². The zero-order chi connectivity index (χ0) is 12.1. The summed E-state index contributed by atoms with van der Waals surface area (Å²) < 4.78 is 10.4. The summed E-state index contributed by atoms with van der Waals surface area (Å²) in [5.41, 5.74) is 0.941. The second kappa shape index (κ2) is 5.80. The van der Waals surface area contributed by atoms with Crippen molar-refractivity contribution in [3.63, 3.8) is 0 Å². The average molecular weight is 253 g/mol. The third-order valence-electron chi connectivity index (χ3n) is 2.31. The fraction of sp³-hybridized carbons (Fsp3) is 0.333. The van der Waals surface area contributed by atoms with E-state index in [1.807, 2.05) is 30.3 Å². The molecule has 0 amide bonds. The van der Waals surface area contributed by atoms with Crippen molar-refractivity contribution in [2.24, 2.45) is 0 Å². The van der Waals surface area contributed by atoms with E-state index < -0.39 is 5.38 Å². The second-order valence-corrected chi connectivity index (χ2v) is 3.99. The summed E-state index contributed by atoms with van der Waals surface area (Å²) in [6.07, 6.45) is 0.599. The molecule has 0 radical (unpaired) electrons. The van der Waals surface area contributed by atoms with Crippen LogP contribution in [0.2, 0.25) is 0 Å². The minimum absolute atomic E-state index is 0.403. The first-order valence-electron chi connectivity index (χ1n) is 5.31. The van der Waals surface area contributed by atoms with Crippen molar-refractivity contribution in [3.05, 3.63) is 47.7 Å². The molecule has 0 fully saturated rings. The van der Waals surface area contributed by atoms with Crippen LogP contribution >= 0.6 is 11.6 Å². The van der Waals surface area contributed by atoms with Crippen LogP contribution in [0.25, 0.3) is 0 Å². The highest BCUT2D eigenvalue weighted by atomic mass is 35.5. The molecule has 17 heavy (non-hydrogen) atoms. The molecule has 2 aromatic rings. The van der Waals surface area contributed by atoms with Crippen molar-refractivity contribution in [1.82, 2.24) is 10.2 Å². The molecule has 0 aliphatic carbocycles. The van der Waals surface area contributed by atoms with E-state index >= 15 is 0 Å². The van der Waals surface area contributed by atoms with E-state index in [0.717, 1.165) is 5.56 Å². The molecule has 1 aromatic heterocycles. The maximum absolute atomic E-state index is 6.25. The molecular weight excluding hydrogens is 240 g/mol. The largest absolute Gasteiger partial charge is 0.423 e. The summed E-state index contributed by atoms with van der Waals surface area (Å²) in [6, 6.07) is 9.64. The molecule has 0 saturated carbocycles. The molecule has 0 bridgehead atoms. The molecule has 5 heteroatoms. The molecule has 90 valence electrons. The van der Waals surface area contributed by atoms with Gasteiger partial charge >= 0.3 is 0 Å². The maximum Gasteiger partial charge on any atom is 0.238 e. The lowest BCUT2D eigenvalue weighted by molar-refractivity contribution is 0.194. The van der Waals surface area contributed by atoms with Crippen LogP contribution in [0.4, 0.5) is 0 Å². The lowest BCUT2D eigenvalue weighted by atomic mass is 10.1. The van der Waals surface area contributed by atoms with Gasteiger partial charge in [0, 0.05) is 13.5 Å². The van der Waals surface area contributed by atoms with Gasteiger partial charge in [-0.2, -0.15) is 0 Å². The van der Waals surface area contributed by atoms with Crippen molar-refractivity contribution in [3.8, 4) is 0 Å². The van der Waals surface area contributed by atoms with Crippen molar-refractivity contribution in [2.45, 2.75) is 11.8 Å². The number of nitrogens with zero attached hydrogens (tertiary/aromatic N) is 2. The van der Waals surface area contributed by atoms with E-state index in [9.17, 15) is 0 Å². The fourth-order valence-corrected chi connectivity index (χ4v) is 1.66. The summed E-state index contributed by atoms with van der Waals surface area (Å²) in [5.74, 6) is 0.965. The van der Waals surface area contributed by atoms with Gasteiger partial charge in [-0.05, 0) is 5.56 Å². The van der Waals surface area contributed by atoms with Crippen LogP contribution in [0.3, 0.4) is 0 Å². The van der Waals surface area contributed by atoms with Crippen LogP contribution in [0.5, 0.6) is 0 Å². The number of benzene rings is 1. The molecule has 4 nitrogen and oxygen atoms in total. The van der Waals surface area contributed by atoms with Gasteiger partial charge in [0.25, 0.3) is 0 Å². The van der Waals surface area contributed by atoms with E-state index in [1.165, 1.54) is 0 Å². The Balaban J connectivity index is 2.09. The predicted molar refractivity (Wildman–Crippen MR) is 64.0 cm³/mol. The van der Waals surface area contributed by atoms with Crippen LogP contribution in [0.15, 0.2) is 34.7 Å². The monoisotopic (exact) mass is 252 g/mol. The SMILES string of the molecule is COCCc1nnc(C(Cl)c2ccccc2)o1. The molecule has 0 spiro atoms. The van der Waals surface area contributed by atoms with E-state index in [0.29, 0.717) is 24.8 Å². The highest BCUT2D eigenvalue weighted by Gasteiger charge is 2.17. The Labute approximate surface area is 105 Å². The Hall–Kier alpha value is -1.39. The van der Waals surface area contributed by atoms with Crippen LogP contribution in [-0.2, 0) is 11.2 Å². The average Bonchev–Trinajstić information content (AvgIpc) is 2.85. The Kier molecular flexibility index (Phi) is 4.12. The molecule has 0 aliphatic rings. The molecule has 1 aromatic carbocycles. The van der Waals surface area contributed by atoms with Crippen molar-refractivity contribution in [2.75, 3.05) is 13.7 Å². The van der Waals surface area contributed by atoms with Crippen molar-refractivity contribution < 1.29 is 9.15 Å². The van der Waals surface area contributed by atoms with Crippen LogP contribution in [0, 0.1) is 0 Å². The third kappa shape index (κ3) is 3.05. The van der Waals surface area contributed by atoms with E-state index in [4.69, 9.17) is 20.8 Å². The Morgan fingerprint density at radius 1 is 1.29 bits per heavy atom. The number of hydrogen-bond acceptors (Lipinski definition) is 4. The van der Waals surface area contributed by atoms with Gasteiger partial charge in [0.1, 0.15) is 5.38 Å². The molecular formula is C12H13ClN2O2. The fourth-order valence-electron chi connectivity index (χ4n) is 1.42. The van der Waals surface area contributed by atoms with Gasteiger partial charge < -0.3 is 9.15 Å². The third-order valence-corrected chi connectivity index (χ3v) is 2.75. The standard InChI is InChI=1S/C12H13ClN2O2/c1-16-8-7-10-14-15-12(17-10)11(13)9-5-3-2-4-6-9/h2-6,11H,7-8H2,1H3. The highest BCUT2D eigenvalue weighted by molar-refractivity contribution is 6.22. The number of halogens is 1. The number of ether oxygens (including phenoxy) is 1. The second-order valence-electron chi connectivity index (χ2n) is 3.55. The lowest BCUT2D eigenvalue weighted by Crippen LogP contribution is -1.94. The predicted octanol–water partition coefficient (Wildman–Crippen LogP) is 2.59. The maximum atomic E-state index is 6.25. The first kappa shape index (κ1) is 12.1. The molecule has 0 N–H and O–H groups in total. The lowest BCUT2D eigenvalue weighted by Gasteiger charge is -2.03. The molecule has 1 unspecified atom stereocenters. The van der Waals surface area contributed by atoms with Gasteiger partial charge in [0.15, 0.2) is 0 Å². The molecule has 1 atom stereocenters. The molecule has 1 heterocycles. The number of rotatable bonds is 5. The number of aromatic nitrogens is 2. The minimum Gasteiger partial charge on any atom is -0.423 e. The Bertz CT molecular complexity index is 459. The topological polar surface area (TPSA) is 48.2 Å². The molecule has 0 saturated heterocycles. The Morgan fingerprint density at radius 2 is 2.06 bits per heavy atom. The van der Waals surface area contributed by atoms with Crippen LogP contribution in [0.1, 0.15) is 22.7 Å². The van der Waals surface area contributed by atoms with Crippen molar-refractivity contribution >= 4 is 11.6 Å². The number of alkyl halides is 1. The summed E-state index contributed by atoms with van der Waals surface area (Å²) in [6.45, 7) is 0.555. The first-order chi connectivity index (χ1) is 8.31. The summed E-state index contributed by atoms with van der Waals surface area (Å²) in [4.78, 5) is 0. The summed E-state index contributed by atoms with van der Waals surface area (Å²) in [7, 11) is 1.63. The quantitative estimate of drug-likeness (QED) is 0.768. The summed E-state index contributed by atoms with van der Waals surface area (Å²) >= 11 is 6.25. The highest BCUT2D eigenvalue weighted by Crippen LogP contribution is 2.27. The summed E-state index contributed by atoms with van der Waals surface area (Å²) in [5, 5.41) is 7.46. The van der Waals surface area contributed by atoms with Crippen molar-refractivity contribution in [1.29, 1.82) is 0 Å². The van der Waals surface area contributed by atoms with Crippen LogP contribution < -0.4 is 0 Å². The van der Waals surface area contributed by atoms with Gasteiger partial charge in [-0.15, -0.1) is 21.8 Å². The molecule has 2 rings (SSSR count). The first-order valence-corrected chi connectivity index (χ1v) is 5.75. The zero-order valence-corrected chi connectivity index (χ0v) is 10.2. The minimum atomic E-state index is -0.403. The van der Waals surface area contributed by atoms with E-state index in [1.54, 1.807) is 7.11 Å². The van der Waals surface area contributed by atoms with Gasteiger partial charge in [-0.25, -0.2) is 0 Å².